The zero-order chi connectivity index (χ0) is 68.2. The molecule has 4 aliphatic heterocycles. The number of amides is 12. The van der Waals surface area contributed by atoms with Gasteiger partial charge in [-0.1, -0.05) is 102 Å². The van der Waals surface area contributed by atoms with E-state index in [9.17, 15) is 67.7 Å². The predicted octanol–water partition coefficient (Wildman–Crippen LogP) is -2.41. The number of aromatic amines is 2. The monoisotopic (exact) mass is 1380 g/mol. The lowest BCUT2D eigenvalue weighted by atomic mass is 9.96. The fourth-order valence-electron chi connectivity index (χ4n) is 11.2. The van der Waals surface area contributed by atoms with Gasteiger partial charge in [0, 0.05) is 77.9 Å². The Balaban J connectivity index is 1.31. The molecule has 0 saturated carbocycles. The van der Waals surface area contributed by atoms with E-state index in [1.165, 1.54) is 22.3 Å². The smallest absolute Gasteiger partial charge is 0.327 e. The van der Waals surface area contributed by atoms with E-state index in [1.54, 1.807) is 40.0 Å². The fraction of sp³-hybridized carbons (Fsp3) is 0.593. The van der Waals surface area contributed by atoms with Gasteiger partial charge in [0.05, 0.1) is 19.5 Å². The van der Waals surface area contributed by atoms with E-state index in [0.29, 0.717) is 36.9 Å². The van der Waals surface area contributed by atoms with Gasteiger partial charge in [0.15, 0.2) is 0 Å². The van der Waals surface area contributed by atoms with Crippen LogP contribution in [-0.4, -0.2) is 234 Å². The summed E-state index contributed by atoms with van der Waals surface area (Å²) in [4.78, 5) is 199. The second-order valence-electron chi connectivity index (χ2n) is 23.3. The zero-order valence-corrected chi connectivity index (χ0v) is 55.8. The Morgan fingerprint density at radius 2 is 1.20 bits per heavy atom. The van der Waals surface area contributed by atoms with Gasteiger partial charge in [-0.15, -0.1) is 0 Å². The van der Waals surface area contributed by atoms with Crippen LogP contribution in [0.25, 0.3) is 10.9 Å². The molecule has 94 heavy (non-hydrogen) atoms. The van der Waals surface area contributed by atoms with Crippen LogP contribution in [0.15, 0.2) is 43.0 Å². The van der Waals surface area contributed by atoms with Crippen LogP contribution < -0.4 is 58.9 Å². The van der Waals surface area contributed by atoms with Crippen LogP contribution >= 0.6 is 43.2 Å². The third-order valence-electron chi connectivity index (χ3n) is 16.7. The Morgan fingerprint density at radius 3 is 1.82 bits per heavy atom. The summed E-state index contributed by atoms with van der Waals surface area (Å²) in [7, 11) is 3.63. The fourth-order valence-corrected chi connectivity index (χ4v) is 15.8. The molecule has 3 aromatic rings. The molecule has 7 rings (SSSR count). The number of aliphatic carboxylic acids is 1. The topological polar surface area (TPSA) is 460 Å². The molecule has 514 valence electrons. The van der Waals surface area contributed by atoms with Crippen LogP contribution in [0.4, 0.5) is 0 Å². The standard InChI is InChI=1S/C59H84N16O15S4/c1-5-12-36-57(87)74-17-10-16-45(74)55(85)72-43(59(89)90)28-94-93-26-41-52(82)69-39(24-76)50(80)68-38(20-32-23-61-29-63-32)58(88)75-18-11-15-44(75)54(84)65-34(7-3)48(78)70-42(27-92-91-25-40(51(81)71-41)64-46(77)21-60)53(83)73-47(30(4)6-2)56(86)67-37(49(79)66-36)19-31-22-62-35-14-9-8-13-33(31)35/h8-9,13-14,22-23,29-30,34,36-45,47,62,76H,5-7,10-12,15-21,24-28,60H2,1-4H3,(H,61,63)(H,64,77)(H,65,84)(H,66,79)(H,67,86)(H,68,80)(H,69,82)(H,70,78)(H,71,81)(H,72,85)(H,73,83)(H,89,90)/t30-,34+,36+,37+,38+,39+,40+,41+,42+,43+,44+,45+,47+/m1/s1. The number of carboxylic acid groups (broad SMARTS) is 1. The number of rotatable bonds is 13. The average Bonchev–Trinajstić information content (AvgIpc) is 1.64. The molecule has 1 aromatic carbocycles. The van der Waals surface area contributed by atoms with Gasteiger partial charge in [-0.3, -0.25) is 57.5 Å². The number of hydrogen-bond donors (Lipinski definition) is 15. The molecule has 35 heteroatoms. The van der Waals surface area contributed by atoms with Crippen molar-refractivity contribution in [3.63, 3.8) is 0 Å². The molecule has 4 aliphatic rings. The van der Waals surface area contributed by atoms with Crippen molar-refractivity contribution >= 4 is 131 Å². The number of fused-ring (bicyclic) bond motifs is 11. The Hall–Kier alpha value is -7.60. The number of carbonyl (C=O) groups is 13. The number of nitrogens with zero attached hydrogens (tertiary/aromatic N) is 3. The summed E-state index contributed by atoms with van der Waals surface area (Å²) in [6.07, 6.45) is 5.74. The molecule has 16 N–H and O–H groups in total. The number of imidazole rings is 1. The third kappa shape index (κ3) is 19.8. The number of aliphatic hydroxyl groups excluding tert-OH is 1. The second-order valence-corrected chi connectivity index (χ2v) is 28.4. The summed E-state index contributed by atoms with van der Waals surface area (Å²) in [6, 6.07) is -9.92. The molecule has 0 spiro atoms. The molecule has 0 radical (unpaired) electrons. The van der Waals surface area contributed by atoms with Crippen molar-refractivity contribution in [3.05, 3.63) is 54.2 Å². The molecule has 12 amide bonds. The largest absolute Gasteiger partial charge is 0.480 e. The minimum atomic E-state index is -1.79. The van der Waals surface area contributed by atoms with Crippen molar-refractivity contribution < 1.29 is 72.5 Å². The van der Waals surface area contributed by atoms with Gasteiger partial charge < -0.3 is 88.9 Å². The molecule has 4 saturated heterocycles. The van der Waals surface area contributed by atoms with Gasteiger partial charge in [-0.05, 0) is 56.1 Å². The number of benzene rings is 1. The van der Waals surface area contributed by atoms with E-state index in [4.69, 9.17) is 5.73 Å². The first-order chi connectivity index (χ1) is 45.1. The number of carboxylic acids is 1. The van der Waals surface area contributed by atoms with Crippen molar-refractivity contribution in [3.8, 4) is 0 Å². The van der Waals surface area contributed by atoms with Gasteiger partial charge in [0.2, 0.25) is 70.9 Å². The van der Waals surface area contributed by atoms with Crippen molar-refractivity contribution in [1.29, 1.82) is 0 Å². The van der Waals surface area contributed by atoms with Crippen LogP contribution in [0.5, 0.6) is 0 Å². The number of aromatic nitrogens is 3. The van der Waals surface area contributed by atoms with Crippen LogP contribution in [0.1, 0.15) is 90.3 Å². The first-order valence-electron chi connectivity index (χ1n) is 31.3. The summed E-state index contributed by atoms with van der Waals surface area (Å²) in [6.45, 7) is 5.32. The lowest BCUT2D eigenvalue weighted by Crippen LogP contribution is -2.62. The third-order valence-corrected chi connectivity index (χ3v) is 21.5. The highest BCUT2D eigenvalue weighted by atomic mass is 33.1. The average molecular weight is 1390 g/mol. The number of aliphatic hydroxyl groups is 1. The van der Waals surface area contributed by atoms with Gasteiger partial charge in [-0.2, -0.15) is 0 Å². The Morgan fingerprint density at radius 1 is 0.638 bits per heavy atom. The van der Waals surface area contributed by atoms with E-state index in [1.807, 2.05) is 18.2 Å². The minimum Gasteiger partial charge on any atom is -0.480 e. The number of hydrogen-bond acceptors (Lipinski definition) is 20. The van der Waals surface area contributed by atoms with Crippen LogP contribution in [0.2, 0.25) is 0 Å². The van der Waals surface area contributed by atoms with Crippen molar-refractivity contribution in [2.24, 2.45) is 11.7 Å². The van der Waals surface area contributed by atoms with E-state index in [0.717, 1.165) is 54.1 Å². The molecule has 6 heterocycles. The predicted molar refractivity (Wildman–Crippen MR) is 351 cm³/mol. The summed E-state index contributed by atoms with van der Waals surface area (Å²) in [5, 5.41) is 48.4. The lowest BCUT2D eigenvalue weighted by molar-refractivity contribution is -0.144. The maximum Gasteiger partial charge on any atom is 0.327 e. The number of nitrogens with one attached hydrogen (secondary N) is 12. The van der Waals surface area contributed by atoms with E-state index in [2.05, 4.69) is 68.1 Å². The van der Waals surface area contributed by atoms with Crippen molar-refractivity contribution in [2.45, 2.75) is 164 Å². The van der Waals surface area contributed by atoms with Crippen LogP contribution in [0, 0.1) is 5.92 Å². The molecule has 2 bridgehead atoms. The molecule has 2 aromatic heterocycles. The summed E-state index contributed by atoms with van der Waals surface area (Å²) >= 11 is 0. The zero-order valence-electron chi connectivity index (χ0n) is 52.5. The van der Waals surface area contributed by atoms with Crippen molar-refractivity contribution in [1.82, 2.24) is 77.9 Å². The SMILES string of the molecule is CCC[C@@H]1NC(=O)[C@H](Cc2c[nH]c3ccccc23)NC(=O)[C@H]([C@H](C)CC)NC(=O)[C@@H]2CSSC[C@H](NC(=O)CN)C(=O)N[C@@H](CSSC[C@@H](C(=O)O)NC(=O)[C@@H]3CCCN3C1=O)C(=O)N[C@@H](CO)C(=O)N[C@@H](Cc1cnc[nH]1)C(=O)N1CCC[C@H]1C(=O)N[C@@H](CC)C(=O)N2. The molecular weight excluding hydrogens is 1300 g/mol. The summed E-state index contributed by atoms with van der Waals surface area (Å²) in [5.74, 6) is -13.6. The minimum absolute atomic E-state index is 0.0314. The van der Waals surface area contributed by atoms with E-state index in [-0.39, 0.29) is 74.6 Å². The molecule has 0 unspecified atom stereocenters. The first-order valence-corrected chi connectivity index (χ1v) is 36.3. The highest BCUT2D eigenvalue weighted by molar-refractivity contribution is 8.77. The highest BCUT2D eigenvalue weighted by Crippen LogP contribution is 2.28. The van der Waals surface area contributed by atoms with Gasteiger partial charge >= 0.3 is 5.97 Å². The second kappa shape index (κ2) is 35.8. The maximum atomic E-state index is 15.0. The summed E-state index contributed by atoms with van der Waals surface area (Å²) < 4.78 is 0. The Labute approximate surface area is 558 Å². The summed E-state index contributed by atoms with van der Waals surface area (Å²) in [5.41, 5.74) is 7.39. The number of para-hydroxylation sites is 1. The number of carbonyl (C=O) groups excluding carboxylic acids is 12. The van der Waals surface area contributed by atoms with Gasteiger partial charge in [0.1, 0.15) is 72.5 Å². The maximum absolute atomic E-state index is 15.0. The normalized spacial score (nSPS) is 28.0. The van der Waals surface area contributed by atoms with Crippen molar-refractivity contribution in [2.75, 3.05) is 49.3 Å². The molecule has 4 fully saturated rings. The lowest BCUT2D eigenvalue weighted by Gasteiger charge is -2.31. The van der Waals surface area contributed by atoms with Gasteiger partial charge in [-0.25, -0.2) is 9.78 Å². The molecule has 13 atom stereocenters. The van der Waals surface area contributed by atoms with Gasteiger partial charge in [0.25, 0.3) is 0 Å². The Kier molecular flexibility index (Phi) is 28.1. The van der Waals surface area contributed by atoms with E-state index < -0.39 is 168 Å². The van der Waals surface area contributed by atoms with Crippen LogP contribution in [-0.2, 0) is 75.2 Å². The molecule has 31 nitrogen and oxygen atoms in total. The Bertz CT molecular complexity index is 3220. The number of nitrogens with two attached hydrogens (primary N) is 1. The van der Waals surface area contributed by atoms with Crippen LogP contribution in [0.3, 0.4) is 0 Å². The highest BCUT2D eigenvalue weighted by Gasteiger charge is 2.43. The molecule has 0 aliphatic carbocycles. The quantitative estimate of drug-likeness (QED) is 0.0793. The first kappa shape index (κ1) is 73.8. The molecular formula is C59H84N16O15S4. The van der Waals surface area contributed by atoms with E-state index >= 15 is 4.79 Å². The number of H-pyrrole nitrogens is 2.